The average Bonchev–Trinajstić information content (AvgIpc) is 2.75. The number of phenolic OH excluding ortho intramolecular Hbond substituents is 1. The van der Waals surface area contributed by atoms with E-state index in [4.69, 9.17) is 4.74 Å². The van der Waals surface area contributed by atoms with E-state index in [1.807, 2.05) is 0 Å². The smallest absolute Gasteiger partial charge is 0.254 e. The first-order valence-corrected chi connectivity index (χ1v) is 10.2. The van der Waals surface area contributed by atoms with E-state index < -0.39 is 23.5 Å². The number of dihydropyridines is 1. The SMILES string of the molecule is COc1cc(C2C(C(=O)Nc3ccc(F)cc3F)=C(C)NC3=C2C(=O)CCC3)ccc1O. The molecule has 32 heavy (non-hydrogen) atoms. The Morgan fingerprint density at radius 2 is 1.97 bits per heavy atom. The standard InChI is InChI=1S/C24H22F2N2O4/c1-12-21(24(31)28-16-8-7-14(25)11-15(16)26)22(13-6-9-18(29)20(10-13)32-2)23-17(27-12)4-3-5-19(23)30/h6-11,22,27,29H,3-5H2,1-2H3,(H,28,31). The van der Waals surface area contributed by atoms with Gasteiger partial charge in [0.05, 0.1) is 12.8 Å². The van der Waals surface area contributed by atoms with Crippen molar-refractivity contribution in [3.8, 4) is 11.5 Å². The summed E-state index contributed by atoms with van der Waals surface area (Å²) in [6.45, 7) is 1.71. The summed E-state index contributed by atoms with van der Waals surface area (Å²) in [5, 5.41) is 15.7. The van der Waals surface area contributed by atoms with Gasteiger partial charge in [0.1, 0.15) is 11.6 Å². The minimum atomic E-state index is -0.906. The zero-order valence-corrected chi connectivity index (χ0v) is 17.6. The molecule has 0 saturated heterocycles. The van der Waals surface area contributed by atoms with Crippen LogP contribution >= 0.6 is 0 Å². The number of ketones is 1. The van der Waals surface area contributed by atoms with Gasteiger partial charge in [-0.05, 0) is 49.6 Å². The fraction of sp³-hybridized carbons (Fsp3) is 0.250. The third-order valence-electron chi connectivity index (χ3n) is 5.74. The molecule has 1 unspecified atom stereocenters. The van der Waals surface area contributed by atoms with Gasteiger partial charge >= 0.3 is 0 Å². The number of Topliss-reactive ketones (excluding diaryl/α,β-unsaturated/α-hetero) is 1. The van der Waals surface area contributed by atoms with E-state index in [-0.39, 0.29) is 28.5 Å². The number of rotatable bonds is 4. The number of hydrogen-bond donors (Lipinski definition) is 3. The Balaban J connectivity index is 1.81. The molecule has 1 aliphatic heterocycles. The van der Waals surface area contributed by atoms with Crippen molar-refractivity contribution < 1.29 is 28.2 Å². The van der Waals surface area contributed by atoms with Gasteiger partial charge in [0.2, 0.25) is 0 Å². The molecular weight excluding hydrogens is 418 g/mol. The average molecular weight is 440 g/mol. The van der Waals surface area contributed by atoms with E-state index in [9.17, 15) is 23.5 Å². The van der Waals surface area contributed by atoms with Crippen LogP contribution in [0.5, 0.6) is 11.5 Å². The third-order valence-corrected chi connectivity index (χ3v) is 5.74. The van der Waals surface area contributed by atoms with Crippen molar-refractivity contribution in [3.63, 3.8) is 0 Å². The molecule has 6 nitrogen and oxygen atoms in total. The number of methoxy groups -OCH3 is 1. The van der Waals surface area contributed by atoms with Gasteiger partial charge in [0, 0.05) is 40.9 Å². The second-order valence-electron chi connectivity index (χ2n) is 7.78. The van der Waals surface area contributed by atoms with Gasteiger partial charge < -0.3 is 20.5 Å². The summed E-state index contributed by atoms with van der Waals surface area (Å²) in [4.78, 5) is 26.2. The van der Waals surface area contributed by atoms with Crippen LogP contribution < -0.4 is 15.4 Å². The van der Waals surface area contributed by atoms with Crippen molar-refractivity contribution in [2.45, 2.75) is 32.1 Å². The molecule has 3 N–H and O–H groups in total. The molecule has 0 spiro atoms. The Kier molecular flexibility index (Phi) is 5.69. The van der Waals surface area contributed by atoms with E-state index in [1.165, 1.54) is 13.2 Å². The molecule has 0 aromatic heterocycles. The summed E-state index contributed by atoms with van der Waals surface area (Å²) in [5.41, 5.74) is 2.38. The fourth-order valence-corrected chi connectivity index (χ4v) is 4.27. The van der Waals surface area contributed by atoms with Gasteiger partial charge in [-0.15, -0.1) is 0 Å². The van der Waals surface area contributed by atoms with Crippen LogP contribution in [0.15, 0.2) is 58.9 Å². The van der Waals surface area contributed by atoms with Crippen LogP contribution in [0.1, 0.15) is 37.7 Å². The molecule has 2 aliphatic rings. The number of hydrogen-bond acceptors (Lipinski definition) is 5. The van der Waals surface area contributed by atoms with Crippen LogP contribution in [0.4, 0.5) is 14.5 Å². The lowest BCUT2D eigenvalue weighted by molar-refractivity contribution is -0.116. The summed E-state index contributed by atoms with van der Waals surface area (Å²) in [7, 11) is 1.41. The predicted octanol–water partition coefficient (Wildman–Crippen LogP) is 4.29. The zero-order valence-electron chi connectivity index (χ0n) is 17.6. The van der Waals surface area contributed by atoms with Crippen LogP contribution in [-0.2, 0) is 9.59 Å². The molecule has 166 valence electrons. The van der Waals surface area contributed by atoms with Gasteiger partial charge in [-0.25, -0.2) is 8.78 Å². The number of phenols is 1. The van der Waals surface area contributed by atoms with Crippen LogP contribution in [0.3, 0.4) is 0 Å². The highest BCUT2D eigenvalue weighted by molar-refractivity contribution is 6.09. The summed E-state index contributed by atoms with van der Waals surface area (Å²) in [6, 6.07) is 7.52. The molecule has 1 atom stereocenters. The fourth-order valence-electron chi connectivity index (χ4n) is 4.27. The minimum Gasteiger partial charge on any atom is -0.504 e. The van der Waals surface area contributed by atoms with Crippen LogP contribution in [0, 0.1) is 11.6 Å². The third kappa shape index (κ3) is 3.84. The molecule has 1 heterocycles. The van der Waals surface area contributed by atoms with Crippen LogP contribution in [0.2, 0.25) is 0 Å². The Bertz CT molecular complexity index is 1190. The maximum absolute atomic E-state index is 14.2. The number of benzene rings is 2. The summed E-state index contributed by atoms with van der Waals surface area (Å²) in [5.74, 6) is -2.98. The lowest BCUT2D eigenvalue weighted by Crippen LogP contribution is -2.35. The quantitative estimate of drug-likeness (QED) is 0.660. The minimum absolute atomic E-state index is 0.0746. The van der Waals surface area contributed by atoms with E-state index in [1.54, 1.807) is 19.1 Å². The summed E-state index contributed by atoms with van der Waals surface area (Å²) < 4.78 is 32.7. The van der Waals surface area contributed by atoms with Crippen molar-refractivity contribution in [1.82, 2.24) is 5.32 Å². The molecule has 0 bridgehead atoms. The molecule has 1 aliphatic carbocycles. The van der Waals surface area contributed by atoms with E-state index in [0.717, 1.165) is 17.8 Å². The largest absolute Gasteiger partial charge is 0.504 e. The van der Waals surface area contributed by atoms with Gasteiger partial charge in [-0.2, -0.15) is 0 Å². The molecule has 8 heteroatoms. The molecule has 0 radical (unpaired) electrons. The molecular formula is C24H22F2N2O4. The van der Waals surface area contributed by atoms with Gasteiger partial charge in [-0.1, -0.05) is 6.07 Å². The van der Waals surface area contributed by atoms with Crippen molar-refractivity contribution in [1.29, 1.82) is 0 Å². The second-order valence-corrected chi connectivity index (χ2v) is 7.78. The highest BCUT2D eigenvalue weighted by Crippen LogP contribution is 2.44. The molecule has 0 saturated carbocycles. The van der Waals surface area contributed by atoms with Crippen molar-refractivity contribution >= 4 is 17.4 Å². The number of anilines is 1. The highest BCUT2D eigenvalue weighted by atomic mass is 19.1. The second kappa shape index (κ2) is 8.45. The monoisotopic (exact) mass is 440 g/mol. The van der Waals surface area contributed by atoms with Gasteiger partial charge in [0.25, 0.3) is 5.91 Å². The van der Waals surface area contributed by atoms with Gasteiger partial charge in [0.15, 0.2) is 17.3 Å². The predicted molar refractivity (Wildman–Crippen MR) is 114 cm³/mol. The first kappa shape index (κ1) is 21.5. The van der Waals surface area contributed by atoms with Crippen LogP contribution in [-0.4, -0.2) is 23.9 Å². The van der Waals surface area contributed by atoms with E-state index in [0.29, 0.717) is 42.2 Å². The highest BCUT2D eigenvalue weighted by Gasteiger charge is 2.38. The number of carbonyl (C=O) groups is 2. The lowest BCUT2D eigenvalue weighted by atomic mass is 9.75. The van der Waals surface area contributed by atoms with E-state index >= 15 is 0 Å². The maximum Gasteiger partial charge on any atom is 0.254 e. The maximum atomic E-state index is 14.2. The lowest BCUT2D eigenvalue weighted by Gasteiger charge is -2.34. The Hall–Kier alpha value is -3.68. The normalized spacial score (nSPS) is 18.2. The first-order valence-electron chi connectivity index (χ1n) is 10.2. The summed E-state index contributed by atoms with van der Waals surface area (Å²) >= 11 is 0. The number of amides is 1. The topological polar surface area (TPSA) is 87.7 Å². The Labute approximate surface area is 183 Å². The molecule has 2 aromatic carbocycles. The number of nitrogens with one attached hydrogen (secondary N) is 2. The first-order chi connectivity index (χ1) is 15.3. The number of allylic oxidation sites excluding steroid dienone is 3. The number of carbonyl (C=O) groups excluding carboxylic acids is 2. The molecule has 2 aromatic rings. The van der Waals surface area contributed by atoms with Crippen molar-refractivity contribution in [3.05, 3.63) is 76.1 Å². The van der Waals surface area contributed by atoms with E-state index in [2.05, 4.69) is 10.6 Å². The number of ether oxygens (including phenoxy) is 1. The number of halogens is 2. The molecule has 0 fully saturated rings. The van der Waals surface area contributed by atoms with Crippen molar-refractivity contribution in [2.75, 3.05) is 12.4 Å². The Morgan fingerprint density at radius 3 is 2.69 bits per heavy atom. The summed E-state index contributed by atoms with van der Waals surface area (Å²) in [6.07, 6.45) is 1.71. The van der Waals surface area contributed by atoms with Crippen molar-refractivity contribution in [2.24, 2.45) is 0 Å². The van der Waals surface area contributed by atoms with Crippen LogP contribution in [0.25, 0.3) is 0 Å². The zero-order chi connectivity index (χ0) is 23.0. The molecule has 1 amide bonds. The number of aromatic hydroxyl groups is 1. The Morgan fingerprint density at radius 1 is 1.19 bits per heavy atom. The molecule has 4 rings (SSSR count). The van der Waals surface area contributed by atoms with Gasteiger partial charge in [-0.3, -0.25) is 9.59 Å².